The van der Waals surface area contributed by atoms with Crippen LogP contribution in [-0.2, 0) is 9.59 Å². The molecule has 0 aliphatic heterocycles. The van der Waals surface area contributed by atoms with Gasteiger partial charge in [0, 0.05) is 11.4 Å². The maximum Gasteiger partial charge on any atom is 0.325 e. The number of aliphatic carboxylic acids is 1. The van der Waals surface area contributed by atoms with Crippen molar-refractivity contribution in [3.63, 3.8) is 0 Å². The quantitative estimate of drug-likeness (QED) is 0.789. The minimum absolute atomic E-state index is 0.184. The molecule has 0 bridgehead atoms. The van der Waals surface area contributed by atoms with Gasteiger partial charge in [-0.25, -0.2) is 9.18 Å². The molecule has 0 aliphatic carbocycles. The lowest BCUT2D eigenvalue weighted by atomic mass is 10.3. The van der Waals surface area contributed by atoms with Gasteiger partial charge in [-0.05, 0) is 18.2 Å². The van der Waals surface area contributed by atoms with Crippen LogP contribution in [0.4, 0.5) is 14.9 Å². The van der Waals surface area contributed by atoms with E-state index in [1.165, 1.54) is 12.1 Å². The lowest BCUT2D eigenvalue weighted by molar-refractivity contribution is -0.138. The Hall–Kier alpha value is -2.15. The van der Waals surface area contributed by atoms with Crippen molar-refractivity contribution in [2.75, 3.05) is 5.32 Å². The van der Waals surface area contributed by atoms with E-state index < -0.39 is 30.1 Å². The minimum atomic E-state index is -1.16. The summed E-state index contributed by atoms with van der Waals surface area (Å²) in [5, 5.41) is 12.5. The summed E-state index contributed by atoms with van der Waals surface area (Å²) in [4.78, 5) is 32.7. The van der Waals surface area contributed by atoms with E-state index in [-0.39, 0.29) is 17.1 Å². The number of carboxylic acids is 1. The Kier molecular flexibility index (Phi) is 5.25. The molecule has 102 valence electrons. The molecule has 1 rings (SSSR count). The summed E-state index contributed by atoms with van der Waals surface area (Å²) in [7, 11) is 0. The highest BCUT2D eigenvalue weighted by molar-refractivity contribution is 6.30. The highest BCUT2D eigenvalue weighted by Gasteiger charge is 2.11. The van der Waals surface area contributed by atoms with Gasteiger partial charge in [0.2, 0.25) is 5.91 Å². The average Bonchev–Trinajstić information content (AvgIpc) is 2.31. The highest BCUT2D eigenvalue weighted by Crippen LogP contribution is 2.19. The number of hydrogen-bond acceptors (Lipinski definition) is 3. The number of benzene rings is 1. The number of carbonyl (C=O) groups is 3. The van der Waals surface area contributed by atoms with Gasteiger partial charge >= 0.3 is 12.0 Å². The van der Waals surface area contributed by atoms with Crippen LogP contribution >= 0.6 is 11.6 Å². The van der Waals surface area contributed by atoms with Gasteiger partial charge in [0.1, 0.15) is 5.82 Å². The lowest BCUT2D eigenvalue weighted by Crippen LogP contribution is -2.34. The maximum absolute atomic E-state index is 13.3. The van der Waals surface area contributed by atoms with Crippen LogP contribution in [0, 0.1) is 5.82 Å². The Balaban J connectivity index is 2.53. The zero-order valence-electron chi connectivity index (χ0n) is 9.57. The number of nitrogens with one attached hydrogen (secondary N) is 2. The smallest absolute Gasteiger partial charge is 0.325 e. The van der Waals surface area contributed by atoms with Gasteiger partial charge in [0.25, 0.3) is 0 Å². The summed E-state index contributed by atoms with van der Waals surface area (Å²) in [5.41, 5.74) is -0.184. The molecule has 0 fully saturated rings. The Morgan fingerprint density at radius 3 is 2.58 bits per heavy atom. The number of carboxylic acid groups (broad SMARTS) is 1. The van der Waals surface area contributed by atoms with E-state index in [1.807, 2.05) is 5.32 Å². The molecule has 6 nitrogen and oxygen atoms in total. The van der Waals surface area contributed by atoms with Crippen LogP contribution in [-0.4, -0.2) is 23.0 Å². The number of halogens is 2. The molecular weight excluding hydrogens is 279 g/mol. The van der Waals surface area contributed by atoms with E-state index in [9.17, 15) is 18.8 Å². The molecule has 8 heteroatoms. The predicted octanol–water partition coefficient (Wildman–Crippen LogP) is 1.99. The molecule has 1 aromatic carbocycles. The third-order valence-corrected chi connectivity index (χ3v) is 2.23. The molecular formula is C11H10ClFN2O4. The van der Waals surface area contributed by atoms with Crippen LogP contribution < -0.4 is 10.6 Å². The largest absolute Gasteiger partial charge is 0.481 e. The molecule has 0 heterocycles. The number of anilines is 1. The van der Waals surface area contributed by atoms with E-state index in [4.69, 9.17) is 16.7 Å². The van der Waals surface area contributed by atoms with E-state index >= 15 is 0 Å². The molecule has 3 N–H and O–H groups in total. The Labute approximate surface area is 112 Å². The van der Waals surface area contributed by atoms with E-state index in [0.717, 1.165) is 6.07 Å². The zero-order valence-corrected chi connectivity index (χ0v) is 10.3. The molecule has 0 aliphatic rings. The molecule has 0 aromatic heterocycles. The van der Waals surface area contributed by atoms with E-state index in [0.29, 0.717) is 0 Å². The van der Waals surface area contributed by atoms with Gasteiger partial charge in [0.15, 0.2) is 0 Å². The van der Waals surface area contributed by atoms with Crippen molar-refractivity contribution in [1.82, 2.24) is 5.32 Å². The number of amides is 3. The third-order valence-electron chi connectivity index (χ3n) is 2.00. The normalized spacial score (nSPS) is 9.79. The van der Waals surface area contributed by atoms with Crippen molar-refractivity contribution >= 4 is 35.2 Å². The van der Waals surface area contributed by atoms with Gasteiger partial charge in [0.05, 0.1) is 12.1 Å². The van der Waals surface area contributed by atoms with Crippen molar-refractivity contribution in [2.45, 2.75) is 12.8 Å². The van der Waals surface area contributed by atoms with Crippen molar-refractivity contribution in [3.05, 3.63) is 29.0 Å². The predicted molar refractivity (Wildman–Crippen MR) is 65.4 cm³/mol. The molecule has 1 aromatic rings. The molecule has 19 heavy (non-hydrogen) atoms. The number of rotatable bonds is 4. The van der Waals surface area contributed by atoms with Crippen LogP contribution in [0.5, 0.6) is 0 Å². The SMILES string of the molecule is O=C(O)CCC(=O)NC(=O)Nc1cc(Cl)ccc1F. The van der Waals surface area contributed by atoms with Crippen molar-refractivity contribution < 1.29 is 23.9 Å². The molecule has 3 amide bonds. The number of urea groups is 1. The number of hydrogen-bond donors (Lipinski definition) is 3. The van der Waals surface area contributed by atoms with Gasteiger partial charge in [-0.3, -0.25) is 14.9 Å². The first-order valence-electron chi connectivity index (χ1n) is 5.16. The van der Waals surface area contributed by atoms with Crippen molar-refractivity contribution in [1.29, 1.82) is 0 Å². The van der Waals surface area contributed by atoms with E-state index in [1.54, 1.807) is 0 Å². The average molecular weight is 289 g/mol. The standard InChI is InChI=1S/C11H10ClFN2O4/c12-6-1-2-7(13)8(5-6)14-11(19)15-9(16)3-4-10(17)18/h1-2,5H,3-4H2,(H,17,18)(H2,14,15,16,19). The number of imide groups is 1. The van der Waals surface area contributed by atoms with Crippen LogP contribution in [0.25, 0.3) is 0 Å². The first-order chi connectivity index (χ1) is 8.88. The fourth-order valence-electron chi connectivity index (χ4n) is 1.16. The zero-order chi connectivity index (χ0) is 14.4. The molecule has 0 unspecified atom stereocenters. The van der Waals surface area contributed by atoms with Gasteiger partial charge in [-0.2, -0.15) is 0 Å². The summed E-state index contributed by atoms with van der Waals surface area (Å²) in [5.74, 6) is -2.64. The van der Waals surface area contributed by atoms with Crippen LogP contribution in [0.15, 0.2) is 18.2 Å². The third kappa shape index (κ3) is 5.35. The van der Waals surface area contributed by atoms with Crippen molar-refractivity contribution in [3.8, 4) is 0 Å². The van der Waals surface area contributed by atoms with Gasteiger partial charge < -0.3 is 10.4 Å². The minimum Gasteiger partial charge on any atom is -0.481 e. The van der Waals surface area contributed by atoms with Gasteiger partial charge in [-0.1, -0.05) is 11.6 Å². The van der Waals surface area contributed by atoms with Crippen molar-refractivity contribution in [2.24, 2.45) is 0 Å². The van der Waals surface area contributed by atoms with Gasteiger partial charge in [-0.15, -0.1) is 0 Å². The van der Waals surface area contributed by atoms with Crippen LogP contribution in [0.1, 0.15) is 12.8 Å². The second-order valence-electron chi connectivity index (χ2n) is 3.52. The second kappa shape index (κ2) is 6.69. The second-order valence-corrected chi connectivity index (χ2v) is 3.96. The summed E-state index contributed by atoms with van der Waals surface area (Å²) >= 11 is 5.62. The molecule has 0 saturated heterocycles. The molecule has 0 radical (unpaired) electrons. The lowest BCUT2D eigenvalue weighted by Gasteiger charge is -2.07. The topological polar surface area (TPSA) is 95.5 Å². The van der Waals surface area contributed by atoms with E-state index in [2.05, 4.69) is 5.32 Å². The molecule has 0 spiro atoms. The highest BCUT2D eigenvalue weighted by atomic mass is 35.5. The fourth-order valence-corrected chi connectivity index (χ4v) is 1.33. The summed E-state index contributed by atoms with van der Waals surface area (Å²) < 4.78 is 13.3. The first-order valence-corrected chi connectivity index (χ1v) is 5.54. The first kappa shape index (κ1) is 14.9. The number of carbonyl (C=O) groups excluding carboxylic acids is 2. The maximum atomic E-state index is 13.3. The Bertz CT molecular complexity index is 521. The van der Waals surface area contributed by atoms with Crippen LogP contribution in [0.3, 0.4) is 0 Å². The molecule has 0 saturated carbocycles. The summed E-state index contributed by atoms with van der Waals surface area (Å²) in [6.07, 6.45) is -0.745. The van der Waals surface area contributed by atoms with Crippen LogP contribution in [0.2, 0.25) is 5.02 Å². The molecule has 0 atom stereocenters. The summed E-state index contributed by atoms with van der Waals surface area (Å²) in [6, 6.07) is 2.58. The summed E-state index contributed by atoms with van der Waals surface area (Å²) in [6.45, 7) is 0. The Morgan fingerprint density at radius 1 is 1.26 bits per heavy atom. The monoisotopic (exact) mass is 288 g/mol. The Morgan fingerprint density at radius 2 is 1.95 bits per heavy atom. The fraction of sp³-hybridized carbons (Fsp3) is 0.182.